The third-order valence-electron chi connectivity index (χ3n) is 8.05. The van der Waals surface area contributed by atoms with Gasteiger partial charge in [0.15, 0.2) is 0 Å². The van der Waals surface area contributed by atoms with Gasteiger partial charge in [-0.25, -0.2) is 0 Å². The number of nitrogens with zero attached hydrogens (tertiary/aromatic N) is 3. The number of benzene rings is 1. The number of piperazine rings is 1. The van der Waals surface area contributed by atoms with Crippen LogP contribution in [0.5, 0.6) is 0 Å². The Balaban J connectivity index is 1.34. The zero-order chi connectivity index (χ0) is 25.1. The SMILES string of the molecule is CC(=O)N1CCC(CC(=O)Nc2cc(Cl)cc(CN3CCN(C(=O)C4CCCC4)C(C)C3)c2C)C1. The van der Waals surface area contributed by atoms with Crippen LogP contribution in [0.3, 0.4) is 0 Å². The van der Waals surface area contributed by atoms with Crippen LogP contribution in [0.15, 0.2) is 12.1 Å². The first-order valence-corrected chi connectivity index (χ1v) is 13.5. The average Bonchev–Trinajstić information content (AvgIpc) is 3.49. The van der Waals surface area contributed by atoms with Gasteiger partial charge in [0, 0.05) is 75.3 Å². The van der Waals surface area contributed by atoms with Gasteiger partial charge in [-0.1, -0.05) is 24.4 Å². The summed E-state index contributed by atoms with van der Waals surface area (Å²) in [7, 11) is 0. The summed E-state index contributed by atoms with van der Waals surface area (Å²) < 4.78 is 0. The molecule has 0 bridgehead atoms. The lowest BCUT2D eigenvalue weighted by Crippen LogP contribution is -2.54. The van der Waals surface area contributed by atoms with E-state index in [9.17, 15) is 14.4 Å². The molecule has 8 heteroatoms. The molecular formula is C27H39ClN4O3. The van der Waals surface area contributed by atoms with E-state index in [1.165, 1.54) is 12.8 Å². The highest BCUT2D eigenvalue weighted by Gasteiger charge is 2.33. The molecule has 0 spiro atoms. The van der Waals surface area contributed by atoms with Gasteiger partial charge < -0.3 is 15.1 Å². The van der Waals surface area contributed by atoms with E-state index >= 15 is 0 Å². The molecule has 2 atom stereocenters. The number of halogens is 1. The van der Waals surface area contributed by atoms with Crippen LogP contribution in [0, 0.1) is 18.8 Å². The lowest BCUT2D eigenvalue weighted by Gasteiger charge is -2.41. The van der Waals surface area contributed by atoms with E-state index in [2.05, 4.69) is 22.0 Å². The van der Waals surface area contributed by atoms with Crippen LogP contribution in [0.2, 0.25) is 5.02 Å². The van der Waals surface area contributed by atoms with Crippen molar-refractivity contribution in [1.29, 1.82) is 0 Å². The first-order valence-electron chi connectivity index (χ1n) is 13.1. The van der Waals surface area contributed by atoms with E-state index in [4.69, 9.17) is 11.6 Å². The molecule has 1 aromatic carbocycles. The highest BCUT2D eigenvalue weighted by molar-refractivity contribution is 6.31. The summed E-state index contributed by atoms with van der Waals surface area (Å²) >= 11 is 6.45. The van der Waals surface area contributed by atoms with Gasteiger partial charge in [-0.2, -0.15) is 0 Å². The first-order chi connectivity index (χ1) is 16.7. The van der Waals surface area contributed by atoms with Crippen molar-refractivity contribution in [3.8, 4) is 0 Å². The van der Waals surface area contributed by atoms with Crippen LogP contribution in [0.1, 0.15) is 63.5 Å². The van der Waals surface area contributed by atoms with Crippen LogP contribution in [-0.2, 0) is 20.9 Å². The van der Waals surface area contributed by atoms with Crippen LogP contribution < -0.4 is 5.32 Å². The average molecular weight is 503 g/mol. The number of likely N-dealkylation sites (tertiary alicyclic amines) is 1. The minimum Gasteiger partial charge on any atom is -0.343 e. The smallest absolute Gasteiger partial charge is 0.226 e. The van der Waals surface area contributed by atoms with Gasteiger partial charge >= 0.3 is 0 Å². The molecule has 4 rings (SSSR count). The molecule has 2 heterocycles. The fraction of sp³-hybridized carbons (Fsp3) is 0.667. The Bertz CT molecular complexity index is 962. The Kier molecular flexibility index (Phi) is 8.38. The Morgan fingerprint density at radius 3 is 2.46 bits per heavy atom. The van der Waals surface area contributed by atoms with E-state index in [0.717, 1.165) is 68.8 Å². The summed E-state index contributed by atoms with van der Waals surface area (Å²) in [4.78, 5) is 43.5. The van der Waals surface area contributed by atoms with E-state index in [1.54, 1.807) is 6.92 Å². The Labute approximate surface area is 214 Å². The summed E-state index contributed by atoms with van der Waals surface area (Å²) in [6.45, 7) is 10.3. The van der Waals surface area contributed by atoms with Crippen molar-refractivity contribution in [2.75, 3.05) is 38.0 Å². The van der Waals surface area contributed by atoms with Crippen LogP contribution in [0.25, 0.3) is 0 Å². The maximum absolute atomic E-state index is 12.9. The van der Waals surface area contributed by atoms with Crippen LogP contribution >= 0.6 is 11.6 Å². The van der Waals surface area contributed by atoms with Gasteiger partial charge in [0.1, 0.15) is 0 Å². The lowest BCUT2D eigenvalue weighted by molar-refractivity contribution is -0.140. The third kappa shape index (κ3) is 6.36. The number of carbonyl (C=O) groups excluding carboxylic acids is 3. The summed E-state index contributed by atoms with van der Waals surface area (Å²) in [6, 6.07) is 3.99. The topological polar surface area (TPSA) is 73.0 Å². The molecule has 192 valence electrons. The van der Waals surface area contributed by atoms with Crippen LogP contribution in [-0.4, -0.2) is 71.2 Å². The van der Waals surface area contributed by atoms with E-state index < -0.39 is 0 Å². The molecular weight excluding hydrogens is 464 g/mol. The molecule has 2 aliphatic heterocycles. The number of hydrogen-bond acceptors (Lipinski definition) is 4. The molecule has 1 aliphatic carbocycles. The molecule has 7 nitrogen and oxygen atoms in total. The minimum absolute atomic E-state index is 0.0376. The van der Waals surface area contributed by atoms with Crippen molar-refractivity contribution in [3.63, 3.8) is 0 Å². The number of carbonyl (C=O) groups is 3. The summed E-state index contributed by atoms with van der Waals surface area (Å²) in [5, 5.41) is 3.67. The molecule has 0 aromatic heterocycles. The minimum atomic E-state index is -0.0376. The normalized spacial score (nSPS) is 23.7. The predicted octanol–water partition coefficient (Wildman–Crippen LogP) is 4.07. The summed E-state index contributed by atoms with van der Waals surface area (Å²) in [6.07, 6.45) is 5.69. The zero-order valence-electron chi connectivity index (χ0n) is 21.3. The maximum atomic E-state index is 12.9. The fourth-order valence-corrected chi connectivity index (χ4v) is 6.17. The second-order valence-corrected chi connectivity index (χ2v) is 11.1. The Morgan fingerprint density at radius 1 is 1.06 bits per heavy atom. The molecule has 1 N–H and O–H groups in total. The number of rotatable bonds is 6. The highest BCUT2D eigenvalue weighted by Crippen LogP contribution is 2.30. The molecule has 1 aromatic rings. The standard InChI is InChI=1S/C27H39ClN4O3/c1-18-15-30(10-11-32(18)27(35)22-6-4-5-7-22)17-23-13-24(28)14-25(19(23)2)29-26(34)12-21-8-9-31(16-21)20(3)33/h13-14,18,21-22H,4-12,15-17H2,1-3H3,(H,29,34). The molecule has 0 radical (unpaired) electrons. The van der Waals surface area contributed by atoms with Gasteiger partial charge in [0.25, 0.3) is 0 Å². The molecule has 2 saturated heterocycles. The molecule has 2 unspecified atom stereocenters. The largest absolute Gasteiger partial charge is 0.343 e. The van der Waals surface area contributed by atoms with Gasteiger partial charge in [0.05, 0.1) is 0 Å². The fourth-order valence-electron chi connectivity index (χ4n) is 5.93. The van der Waals surface area contributed by atoms with Gasteiger partial charge in [-0.05, 0) is 62.3 Å². The number of amides is 3. The number of anilines is 1. The first kappa shape index (κ1) is 26.0. The maximum Gasteiger partial charge on any atom is 0.226 e. The summed E-state index contributed by atoms with van der Waals surface area (Å²) in [5.74, 6) is 0.792. The van der Waals surface area contributed by atoms with Crippen LogP contribution in [0.4, 0.5) is 5.69 Å². The van der Waals surface area contributed by atoms with Crippen molar-refractivity contribution in [2.24, 2.45) is 11.8 Å². The van der Waals surface area contributed by atoms with Gasteiger partial charge in [-0.3, -0.25) is 19.3 Å². The quantitative estimate of drug-likeness (QED) is 0.636. The molecule has 3 fully saturated rings. The Hall–Kier alpha value is -2.12. The number of nitrogens with one attached hydrogen (secondary N) is 1. The van der Waals surface area contributed by atoms with Gasteiger partial charge in [0.2, 0.25) is 17.7 Å². The highest BCUT2D eigenvalue weighted by atomic mass is 35.5. The van der Waals surface area contributed by atoms with E-state index in [1.807, 2.05) is 24.0 Å². The monoisotopic (exact) mass is 502 g/mol. The predicted molar refractivity (Wildman–Crippen MR) is 138 cm³/mol. The van der Waals surface area contributed by atoms with Crippen molar-refractivity contribution < 1.29 is 14.4 Å². The Morgan fingerprint density at radius 2 is 1.80 bits per heavy atom. The van der Waals surface area contributed by atoms with E-state index in [-0.39, 0.29) is 29.7 Å². The third-order valence-corrected chi connectivity index (χ3v) is 8.27. The van der Waals surface area contributed by atoms with Crippen molar-refractivity contribution in [2.45, 2.75) is 71.9 Å². The van der Waals surface area contributed by atoms with Crippen molar-refractivity contribution in [1.82, 2.24) is 14.7 Å². The lowest BCUT2D eigenvalue weighted by atomic mass is 10.0. The second kappa shape index (κ2) is 11.3. The van der Waals surface area contributed by atoms with Crippen molar-refractivity contribution in [3.05, 3.63) is 28.3 Å². The zero-order valence-corrected chi connectivity index (χ0v) is 22.1. The van der Waals surface area contributed by atoms with Crippen molar-refractivity contribution >= 4 is 35.0 Å². The van der Waals surface area contributed by atoms with Gasteiger partial charge in [-0.15, -0.1) is 0 Å². The summed E-state index contributed by atoms with van der Waals surface area (Å²) in [5.41, 5.74) is 2.87. The second-order valence-electron chi connectivity index (χ2n) is 10.7. The number of hydrogen-bond donors (Lipinski definition) is 1. The molecule has 3 aliphatic rings. The van der Waals surface area contributed by atoms with E-state index in [0.29, 0.717) is 23.9 Å². The molecule has 3 amide bonds. The molecule has 1 saturated carbocycles. The molecule has 35 heavy (non-hydrogen) atoms.